The summed E-state index contributed by atoms with van der Waals surface area (Å²) in [5.74, 6) is 2.02. The maximum atomic E-state index is 6.13. The maximum absolute atomic E-state index is 6.13. The molecule has 1 nitrogen and oxygen atoms in total. The lowest BCUT2D eigenvalue weighted by Crippen LogP contribution is -2.28. The Balaban J connectivity index is 1.62. The average molecular weight is 329 g/mol. The summed E-state index contributed by atoms with van der Waals surface area (Å²) in [6.45, 7) is 0. The molecule has 98 valence electrons. The van der Waals surface area contributed by atoms with E-state index in [1.807, 2.05) is 12.1 Å². The molecular weight excluding hydrogens is 310 g/mol. The first-order valence-electron chi connectivity index (χ1n) is 6.94. The van der Waals surface area contributed by atoms with Gasteiger partial charge in [-0.3, -0.25) is 0 Å². The van der Waals surface area contributed by atoms with E-state index in [1.165, 1.54) is 38.5 Å². The summed E-state index contributed by atoms with van der Waals surface area (Å²) >= 11 is 9.57. The zero-order valence-electron chi connectivity index (χ0n) is 10.5. The van der Waals surface area contributed by atoms with Crippen molar-refractivity contribution in [2.24, 2.45) is 11.8 Å². The van der Waals surface area contributed by atoms with Crippen molar-refractivity contribution in [3.05, 3.63) is 27.7 Å². The van der Waals surface area contributed by atoms with Crippen LogP contribution in [0.25, 0.3) is 0 Å². The van der Waals surface area contributed by atoms with Crippen LogP contribution in [0.4, 0.5) is 5.69 Å². The predicted molar refractivity (Wildman–Crippen MR) is 81.2 cm³/mol. The third-order valence-corrected chi connectivity index (χ3v) is 5.53. The van der Waals surface area contributed by atoms with E-state index in [2.05, 4.69) is 27.3 Å². The minimum absolute atomic E-state index is 0.640. The minimum Gasteiger partial charge on any atom is -0.382 e. The summed E-state index contributed by atoms with van der Waals surface area (Å²) in [7, 11) is 0. The van der Waals surface area contributed by atoms with Crippen LogP contribution in [-0.2, 0) is 0 Å². The molecular formula is C15H19BrClN. The monoisotopic (exact) mass is 327 g/mol. The van der Waals surface area contributed by atoms with Crippen LogP contribution in [0.1, 0.15) is 38.5 Å². The predicted octanol–water partition coefficient (Wildman–Crippen LogP) is 5.48. The van der Waals surface area contributed by atoms with Crippen LogP contribution in [0.2, 0.25) is 5.02 Å². The SMILES string of the molecule is Clc1cc(NC2CCCC(C3CC3)C2)ccc1Br. The Hall–Kier alpha value is -0.210. The van der Waals surface area contributed by atoms with Crippen LogP contribution >= 0.6 is 27.5 Å². The third kappa shape index (κ3) is 3.03. The van der Waals surface area contributed by atoms with Gasteiger partial charge < -0.3 is 5.32 Å². The van der Waals surface area contributed by atoms with E-state index in [9.17, 15) is 0 Å². The Kier molecular flexibility index (Phi) is 3.86. The number of halogens is 2. The molecule has 1 aromatic carbocycles. The van der Waals surface area contributed by atoms with Gasteiger partial charge in [0, 0.05) is 16.2 Å². The van der Waals surface area contributed by atoms with Crippen molar-refractivity contribution in [2.75, 3.05) is 5.32 Å². The van der Waals surface area contributed by atoms with E-state index in [4.69, 9.17) is 11.6 Å². The van der Waals surface area contributed by atoms with Gasteiger partial charge in [-0.2, -0.15) is 0 Å². The molecule has 0 heterocycles. The summed E-state index contributed by atoms with van der Waals surface area (Å²) in [6, 6.07) is 6.79. The molecule has 0 amide bonds. The van der Waals surface area contributed by atoms with Gasteiger partial charge in [0.25, 0.3) is 0 Å². The number of nitrogens with one attached hydrogen (secondary N) is 1. The minimum atomic E-state index is 0.640. The van der Waals surface area contributed by atoms with Crippen molar-refractivity contribution in [3.63, 3.8) is 0 Å². The van der Waals surface area contributed by atoms with E-state index in [0.29, 0.717) is 6.04 Å². The van der Waals surface area contributed by atoms with Crippen LogP contribution in [0.3, 0.4) is 0 Å². The van der Waals surface area contributed by atoms with Gasteiger partial charge in [-0.25, -0.2) is 0 Å². The van der Waals surface area contributed by atoms with Crippen LogP contribution in [0, 0.1) is 11.8 Å². The van der Waals surface area contributed by atoms with Crippen LogP contribution in [0.15, 0.2) is 22.7 Å². The average Bonchev–Trinajstić information content (AvgIpc) is 3.18. The molecule has 2 saturated carbocycles. The fraction of sp³-hybridized carbons (Fsp3) is 0.600. The molecule has 0 spiro atoms. The van der Waals surface area contributed by atoms with E-state index >= 15 is 0 Å². The second kappa shape index (κ2) is 5.42. The van der Waals surface area contributed by atoms with Crippen molar-refractivity contribution in [2.45, 2.75) is 44.6 Å². The van der Waals surface area contributed by atoms with E-state index < -0.39 is 0 Å². The Morgan fingerprint density at radius 2 is 1.94 bits per heavy atom. The fourth-order valence-electron chi connectivity index (χ4n) is 3.18. The number of hydrogen-bond acceptors (Lipinski definition) is 1. The molecule has 3 heteroatoms. The van der Waals surface area contributed by atoms with Crippen LogP contribution in [0.5, 0.6) is 0 Å². The van der Waals surface area contributed by atoms with E-state index in [0.717, 1.165) is 27.0 Å². The first kappa shape index (κ1) is 12.8. The molecule has 0 bridgehead atoms. The number of hydrogen-bond donors (Lipinski definition) is 1. The van der Waals surface area contributed by atoms with Gasteiger partial charge in [0.15, 0.2) is 0 Å². The zero-order chi connectivity index (χ0) is 12.5. The van der Waals surface area contributed by atoms with Gasteiger partial charge in [0.2, 0.25) is 0 Å². The Bertz CT molecular complexity index is 431. The smallest absolute Gasteiger partial charge is 0.0568 e. The van der Waals surface area contributed by atoms with Gasteiger partial charge in [-0.15, -0.1) is 0 Å². The fourth-order valence-corrected chi connectivity index (χ4v) is 3.60. The molecule has 2 atom stereocenters. The lowest BCUT2D eigenvalue weighted by molar-refractivity contribution is 0.303. The normalized spacial score (nSPS) is 28.1. The first-order valence-corrected chi connectivity index (χ1v) is 8.11. The number of anilines is 1. The van der Waals surface area contributed by atoms with Crippen LogP contribution < -0.4 is 5.32 Å². The van der Waals surface area contributed by atoms with E-state index in [1.54, 1.807) is 0 Å². The van der Waals surface area contributed by atoms with E-state index in [-0.39, 0.29) is 0 Å². The molecule has 18 heavy (non-hydrogen) atoms. The highest BCUT2D eigenvalue weighted by Crippen LogP contribution is 2.44. The second-order valence-electron chi connectivity index (χ2n) is 5.73. The van der Waals surface area contributed by atoms with Gasteiger partial charge >= 0.3 is 0 Å². The molecule has 1 N–H and O–H groups in total. The quantitative estimate of drug-likeness (QED) is 0.774. The molecule has 2 aliphatic rings. The Morgan fingerprint density at radius 1 is 1.11 bits per heavy atom. The Labute approximate surface area is 122 Å². The maximum Gasteiger partial charge on any atom is 0.0568 e. The summed E-state index contributed by atoms with van der Waals surface area (Å²) in [5, 5.41) is 4.44. The molecule has 3 rings (SSSR count). The second-order valence-corrected chi connectivity index (χ2v) is 7.00. The lowest BCUT2D eigenvalue weighted by atomic mass is 9.82. The molecule has 0 aromatic heterocycles. The highest BCUT2D eigenvalue weighted by Gasteiger charge is 2.34. The highest BCUT2D eigenvalue weighted by atomic mass is 79.9. The topological polar surface area (TPSA) is 12.0 Å². The third-order valence-electron chi connectivity index (χ3n) is 4.29. The van der Waals surface area contributed by atoms with Crippen molar-refractivity contribution in [3.8, 4) is 0 Å². The first-order chi connectivity index (χ1) is 8.72. The van der Waals surface area contributed by atoms with Gasteiger partial charge in [-0.05, 0) is 71.6 Å². The molecule has 0 aliphatic heterocycles. The zero-order valence-corrected chi connectivity index (χ0v) is 12.8. The molecule has 0 radical (unpaired) electrons. The van der Waals surface area contributed by atoms with Crippen molar-refractivity contribution in [1.29, 1.82) is 0 Å². The molecule has 0 saturated heterocycles. The van der Waals surface area contributed by atoms with Crippen molar-refractivity contribution in [1.82, 2.24) is 0 Å². The number of rotatable bonds is 3. The van der Waals surface area contributed by atoms with Crippen molar-refractivity contribution >= 4 is 33.2 Å². The molecule has 2 unspecified atom stereocenters. The Morgan fingerprint density at radius 3 is 2.67 bits per heavy atom. The summed E-state index contributed by atoms with van der Waals surface area (Å²) in [5.41, 5.74) is 1.16. The highest BCUT2D eigenvalue weighted by molar-refractivity contribution is 9.10. The lowest BCUT2D eigenvalue weighted by Gasteiger charge is -2.30. The van der Waals surface area contributed by atoms with Gasteiger partial charge in [0.05, 0.1) is 5.02 Å². The largest absolute Gasteiger partial charge is 0.382 e. The molecule has 1 aromatic rings. The van der Waals surface area contributed by atoms with Crippen molar-refractivity contribution < 1.29 is 0 Å². The summed E-state index contributed by atoms with van der Waals surface area (Å²) in [4.78, 5) is 0. The summed E-state index contributed by atoms with van der Waals surface area (Å²) < 4.78 is 0.967. The molecule has 2 aliphatic carbocycles. The standard InChI is InChI=1S/C15H19BrClN/c16-14-7-6-13(9-15(14)17)18-12-3-1-2-11(8-12)10-4-5-10/h6-7,9-12,18H,1-5,8H2. The van der Waals surface area contributed by atoms with Crippen LogP contribution in [-0.4, -0.2) is 6.04 Å². The van der Waals surface area contributed by atoms with Gasteiger partial charge in [0.1, 0.15) is 0 Å². The summed E-state index contributed by atoms with van der Waals surface area (Å²) in [6.07, 6.45) is 8.42. The number of benzene rings is 1. The molecule has 2 fully saturated rings. The van der Waals surface area contributed by atoms with Gasteiger partial charge in [-0.1, -0.05) is 24.4 Å².